The fraction of sp³-hybridized carbons (Fsp3) is 0.385. The molecular formula is C13H14BrClN2OS. The molecule has 0 bridgehead atoms. The molecule has 0 aromatic heterocycles. The molecule has 102 valence electrons. The molecule has 0 spiro atoms. The van der Waals surface area contributed by atoms with E-state index in [2.05, 4.69) is 15.9 Å². The Hall–Kier alpha value is -0.650. The van der Waals surface area contributed by atoms with Gasteiger partial charge in [0.1, 0.15) is 0 Å². The molecule has 1 aliphatic heterocycles. The van der Waals surface area contributed by atoms with Crippen LogP contribution in [0.2, 0.25) is 5.02 Å². The Morgan fingerprint density at radius 1 is 1.47 bits per heavy atom. The lowest BCUT2D eigenvalue weighted by molar-refractivity contribution is 0.0681. The molecule has 0 saturated carbocycles. The van der Waals surface area contributed by atoms with Crippen molar-refractivity contribution in [1.29, 1.82) is 0 Å². The topological polar surface area (TPSA) is 46.3 Å². The number of carbonyl (C=O) groups is 1. The fourth-order valence-electron chi connectivity index (χ4n) is 2.29. The van der Waals surface area contributed by atoms with Crippen LogP contribution >= 0.6 is 39.7 Å². The Morgan fingerprint density at radius 3 is 2.89 bits per heavy atom. The van der Waals surface area contributed by atoms with E-state index in [0.717, 1.165) is 23.7 Å². The minimum atomic E-state index is -0.161. The van der Waals surface area contributed by atoms with Crippen molar-refractivity contribution in [1.82, 2.24) is 4.90 Å². The quantitative estimate of drug-likeness (QED) is 0.821. The van der Waals surface area contributed by atoms with Crippen LogP contribution in [0.3, 0.4) is 0 Å². The number of benzene rings is 1. The van der Waals surface area contributed by atoms with E-state index in [9.17, 15) is 4.79 Å². The predicted octanol–water partition coefficient (Wildman–Crippen LogP) is 3.38. The number of rotatable bonds is 2. The number of likely N-dealkylation sites (tertiary alicyclic amines) is 1. The van der Waals surface area contributed by atoms with E-state index >= 15 is 0 Å². The van der Waals surface area contributed by atoms with Gasteiger partial charge >= 0.3 is 0 Å². The van der Waals surface area contributed by atoms with Crippen molar-refractivity contribution >= 4 is 50.6 Å². The number of hydrogen-bond donors (Lipinski definition) is 1. The molecule has 3 nitrogen and oxygen atoms in total. The second-order valence-electron chi connectivity index (χ2n) is 4.54. The van der Waals surface area contributed by atoms with Crippen molar-refractivity contribution in [3.05, 3.63) is 33.3 Å². The van der Waals surface area contributed by atoms with Crippen molar-refractivity contribution in [2.75, 3.05) is 6.54 Å². The molecule has 1 unspecified atom stereocenters. The third-order valence-corrected chi connectivity index (χ3v) is 4.35. The molecular weight excluding hydrogens is 348 g/mol. The van der Waals surface area contributed by atoms with Crippen LogP contribution in [0.25, 0.3) is 0 Å². The summed E-state index contributed by atoms with van der Waals surface area (Å²) in [5.41, 5.74) is 6.22. The first-order chi connectivity index (χ1) is 9.00. The van der Waals surface area contributed by atoms with Gasteiger partial charge in [-0.05, 0) is 37.5 Å². The van der Waals surface area contributed by atoms with Crippen molar-refractivity contribution < 1.29 is 4.79 Å². The molecule has 2 N–H and O–H groups in total. The van der Waals surface area contributed by atoms with E-state index in [4.69, 9.17) is 29.6 Å². The van der Waals surface area contributed by atoms with Crippen LogP contribution in [-0.2, 0) is 0 Å². The minimum absolute atomic E-state index is 0.108. The lowest BCUT2D eigenvalue weighted by Crippen LogP contribution is -2.49. The summed E-state index contributed by atoms with van der Waals surface area (Å²) < 4.78 is 0.823. The third-order valence-electron chi connectivity index (χ3n) is 3.25. The monoisotopic (exact) mass is 360 g/mol. The molecule has 1 aliphatic rings. The Kier molecular flexibility index (Phi) is 4.81. The maximum absolute atomic E-state index is 12.6. The highest BCUT2D eigenvalue weighted by Gasteiger charge is 2.30. The normalized spacial score (nSPS) is 19.3. The van der Waals surface area contributed by atoms with Gasteiger partial charge in [0, 0.05) is 11.0 Å². The van der Waals surface area contributed by atoms with Crippen LogP contribution in [0, 0.1) is 0 Å². The summed E-state index contributed by atoms with van der Waals surface area (Å²) in [5, 5.41) is 0.445. The number of nitrogens with two attached hydrogens (primary N) is 1. The van der Waals surface area contributed by atoms with E-state index in [1.165, 1.54) is 0 Å². The molecule has 0 aliphatic carbocycles. The SMILES string of the molecule is NC(=S)C1CCCCN1C(=O)c1cc(Br)ccc1Cl. The summed E-state index contributed by atoms with van der Waals surface area (Å²) in [6.45, 7) is 0.670. The zero-order valence-corrected chi connectivity index (χ0v) is 13.4. The summed E-state index contributed by atoms with van der Waals surface area (Å²) in [6, 6.07) is 5.08. The highest BCUT2D eigenvalue weighted by molar-refractivity contribution is 9.10. The van der Waals surface area contributed by atoms with Crippen molar-refractivity contribution in [3.8, 4) is 0 Å². The van der Waals surface area contributed by atoms with Gasteiger partial charge in [-0.1, -0.05) is 39.7 Å². The van der Waals surface area contributed by atoms with Gasteiger partial charge in [0.2, 0.25) is 0 Å². The third kappa shape index (κ3) is 3.27. The first-order valence-electron chi connectivity index (χ1n) is 6.06. The Balaban J connectivity index is 2.31. The summed E-state index contributed by atoms with van der Waals surface area (Å²) in [5.74, 6) is -0.108. The smallest absolute Gasteiger partial charge is 0.256 e. The van der Waals surface area contributed by atoms with Crippen LogP contribution in [0.4, 0.5) is 0 Å². The fourth-order valence-corrected chi connectivity index (χ4v) is 3.09. The van der Waals surface area contributed by atoms with Gasteiger partial charge in [-0.3, -0.25) is 4.79 Å². The Morgan fingerprint density at radius 2 is 2.21 bits per heavy atom. The second kappa shape index (κ2) is 6.20. The van der Waals surface area contributed by atoms with Crippen LogP contribution in [0.5, 0.6) is 0 Å². The summed E-state index contributed by atoms with van der Waals surface area (Å²) in [6.07, 6.45) is 2.83. The second-order valence-corrected chi connectivity index (χ2v) is 6.33. The van der Waals surface area contributed by atoms with E-state index in [1.807, 2.05) is 0 Å². The molecule has 19 heavy (non-hydrogen) atoms. The molecule has 1 aromatic carbocycles. The molecule has 2 rings (SSSR count). The van der Waals surface area contributed by atoms with Gasteiger partial charge in [-0.15, -0.1) is 0 Å². The van der Waals surface area contributed by atoms with Gasteiger partial charge in [-0.2, -0.15) is 0 Å². The van der Waals surface area contributed by atoms with Gasteiger partial charge < -0.3 is 10.6 Å². The first-order valence-corrected chi connectivity index (χ1v) is 7.64. The summed E-state index contributed by atoms with van der Waals surface area (Å²) >= 11 is 14.5. The largest absolute Gasteiger partial charge is 0.392 e. The molecule has 1 atom stereocenters. The summed E-state index contributed by atoms with van der Waals surface area (Å²) in [7, 11) is 0. The Bertz CT molecular complexity index is 523. The average Bonchev–Trinajstić information content (AvgIpc) is 2.40. The maximum Gasteiger partial charge on any atom is 0.256 e. The van der Waals surface area contributed by atoms with E-state index in [-0.39, 0.29) is 11.9 Å². The number of carbonyl (C=O) groups excluding carboxylic acids is 1. The highest BCUT2D eigenvalue weighted by atomic mass is 79.9. The number of nitrogens with zero attached hydrogens (tertiary/aromatic N) is 1. The average molecular weight is 362 g/mol. The molecule has 1 fully saturated rings. The standard InChI is InChI=1S/C13H14BrClN2OS/c14-8-4-5-10(15)9(7-8)13(18)17-6-2-1-3-11(17)12(16)19/h4-5,7,11H,1-3,6H2,(H2,16,19). The van der Waals surface area contributed by atoms with E-state index in [0.29, 0.717) is 22.1 Å². The number of hydrogen-bond acceptors (Lipinski definition) is 2. The zero-order valence-electron chi connectivity index (χ0n) is 10.2. The Labute approximate surface area is 131 Å². The van der Waals surface area contributed by atoms with Gasteiger partial charge in [0.25, 0.3) is 5.91 Å². The highest BCUT2D eigenvalue weighted by Crippen LogP contribution is 2.26. The van der Waals surface area contributed by atoms with Crippen molar-refractivity contribution in [2.45, 2.75) is 25.3 Å². The van der Waals surface area contributed by atoms with Crippen LogP contribution < -0.4 is 5.73 Å². The minimum Gasteiger partial charge on any atom is -0.392 e. The van der Waals surface area contributed by atoms with E-state index in [1.54, 1.807) is 23.1 Å². The number of thiocarbonyl (C=S) groups is 1. The van der Waals surface area contributed by atoms with Crippen LogP contribution in [0.15, 0.2) is 22.7 Å². The molecule has 0 radical (unpaired) electrons. The maximum atomic E-state index is 12.6. The lowest BCUT2D eigenvalue weighted by atomic mass is 10.0. The van der Waals surface area contributed by atoms with Crippen molar-refractivity contribution in [2.24, 2.45) is 5.73 Å². The molecule has 1 amide bonds. The molecule has 1 heterocycles. The van der Waals surface area contributed by atoms with Gasteiger partial charge in [-0.25, -0.2) is 0 Å². The van der Waals surface area contributed by atoms with Crippen molar-refractivity contribution in [3.63, 3.8) is 0 Å². The number of piperidine rings is 1. The summed E-state index contributed by atoms with van der Waals surface area (Å²) in [4.78, 5) is 14.7. The van der Waals surface area contributed by atoms with Crippen LogP contribution in [0.1, 0.15) is 29.6 Å². The van der Waals surface area contributed by atoms with Crippen LogP contribution in [-0.4, -0.2) is 28.4 Å². The van der Waals surface area contributed by atoms with Gasteiger partial charge in [0.05, 0.1) is 21.6 Å². The molecule has 6 heteroatoms. The zero-order chi connectivity index (χ0) is 14.0. The molecule has 1 aromatic rings. The predicted molar refractivity (Wildman–Crippen MR) is 84.6 cm³/mol. The van der Waals surface area contributed by atoms with E-state index < -0.39 is 0 Å². The lowest BCUT2D eigenvalue weighted by Gasteiger charge is -2.35. The number of amides is 1. The molecule has 1 saturated heterocycles. The number of halogens is 2. The first kappa shape index (κ1) is 14.8. The van der Waals surface area contributed by atoms with Gasteiger partial charge in [0.15, 0.2) is 0 Å².